The summed E-state index contributed by atoms with van der Waals surface area (Å²) in [6.07, 6.45) is 13.4. The highest BCUT2D eigenvalue weighted by Crippen LogP contribution is 2.56. The van der Waals surface area contributed by atoms with Crippen LogP contribution in [-0.2, 0) is 6.42 Å². The van der Waals surface area contributed by atoms with E-state index in [0.717, 1.165) is 29.9 Å². The molecule has 0 saturated heterocycles. The first-order chi connectivity index (χ1) is 16.1. The summed E-state index contributed by atoms with van der Waals surface area (Å²) < 4.78 is 5.77. The van der Waals surface area contributed by atoms with E-state index in [1.165, 1.54) is 80.2 Å². The molecule has 4 saturated carbocycles. The number of hydrogen-bond acceptors (Lipinski definition) is 3. The second-order valence-corrected chi connectivity index (χ2v) is 11.6. The molecule has 3 nitrogen and oxygen atoms in total. The van der Waals surface area contributed by atoms with E-state index >= 15 is 0 Å². The quantitative estimate of drug-likeness (QED) is 0.489. The van der Waals surface area contributed by atoms with Crippen LogP contribution in [0, 0.1) is 17.8 Å². The van der Waals surface area contributed by atoms with Crippen LogP contribution in [0.1, 0.15) is 87.4 Å². The number of rotatable bonds is 7. The Morgan fingerprint density at radius 3 is 2.30 bits per heavy atom. The third kappa shape index (κ3) is 4.07. The van der Waals surface area contributed by atoms with Crippen molar-refractivity contribution in [2.75, 3.05) is 12.4 Å². The monoisotopic (exact) mass is 444 g/mol. The van der Waals surface area contributed by atoms with Crippen molar-refractivity contribution >= 4 is 5.69 Å². The fourth-order valence-electron chi connectivity index (χ4n) is 8.13. The number of fused-ring (bicyclic) bond motifs is 1. The number of nitrogens with one attached hydrogen (secondary N) is 2. The van der Waals surface area contributed by atoms with E-state index in [4.69, 9.17) is 4.74 Å². The molecule has 4 aliphatic carbocycles. The van der Waals surface area contributed by atoms with Crippen LogP contribution in [0.3, 0.4) is 0 Å². The van der Waals surface area contributed by atoms with Gasteiger partial charge in [-0.25, -0.2) is 0 Å². The van der Waals surface area contributed by atoms with E-state index in [1.54, 1.807) is 7.11 Å². The lowest BCUT2D eigenvalue weighted by Crippen LogP contribution is -2.54. The van der Waals surface area contributed by atoms with Crippen LogP contribution in [0.4, 0.5) is 5.69 Å². The van der Waals surface area contributed by atoms with E-state index in [-0.39, 0.29) is 6.04 Å². The Balaban J connectivity index is 1.24. The number of anilines is 1. The molecule has 3 heteroatoms. The molecule has 0 radical (unpaired) electrons. The lowest BCUT2D eigenvalue weighted by atomic mass is 9.53. The zero-order valence-electron chi connectivity index (χ0n) is 20.4. The van der Waals surface area contributed by atoms with Gasteiger partial charge < -0.3 is 15.4 Å². The summed E-state index contributed by atoms with van der Waals surface area (Å²) in [5, 5.41) is 8.03. The van der Waals surface area contributed by atoms with Crippen LogP contribution in [0.2, 0.25) is 0 Å². The molecule has 4 bridgehead atoms. The van der Waals surface area contributed by atoms with Crippen LogP contribution in [0.5, 0.6) is 5.75 Å². The number of hydrogen-bond donors (Lipinski definition) is 2. The smallest absolute Gasteiger partial charge is 0.122 e. The molecule has 2 aromatic rings. The first-order valence-electron chi connectivity index (χ1n) is 13.4. The molecule has 0 aromatic heterocycles. The molecule has 0 unspecified atom stereocenters. The van der Waals surface area contributed by atoms with Gasteiger partial charge in [-0.05, 0) is 98.4 Å². The van der Waals surface area contributed by atoms with Crippen LogP contribution in [0.25, 0.3) is 0 Å². The average Bonchev–Trinajstić information content (AvgIpc) is 2.81. The largest absolute Gasteiger partial charge is 0.496 e. The maximum atomic E-state index is 5.77. The molecule has 0 amide bonds. The van der Waals surface area contributed by atoms with Gasteiger partial charge in [0.1, 0.15) is 5.75 Å². The Kier molecular flexibility index (Phi) is 5.64. The number of unbranched alkanes of at least 4 members (excludes halogenated alkanes) is 1. The zero-order chi connectivity index (χ0) is 22.4. The fourth-order valence-corrected chi connectivity index (χ4v) is 8.13. The lowest BCUT2D eigenvalue weighted by Gasteiger charge is -2.57. The Hall–Kier alpha value is -2.00. The molecule has 1 heterocycles. The Labute approximate surface area is 199 Å². The van der Waals surface area contributed by atoms with E-state index in [0.29, 0.717) is 11.6 Å². The van der Waals surface area contributed by atoms with Gasteiger partial charge in [-0.3, -0.25) is 0 Å². The van der Waals surface area contributed by atoms with E-state index < -0.39 is 0 Å². The van der Waals surface area contributed by atoms with Gasteiger partial charge in [-0.1, -0.05) is 44.0 Å². The summed E-state index contributed by atoms with van der Waals surface area (Å²) in [6.45, 7) is 2.28. The summed E-state index contributed by atoms with van der Waals surface area (Å²) in [5.41, 5.74) is 5.81. The maximum Gasteiger partial charge on any atom is 0.122 e. The highest BCUT2D eigenvalue weighted by molar-refractivity contribution is 5.52. The van der Waals surface area contributed by atoms with Gasteiger partial charge >= 0.3 is 0 Å². The van der Waals surface area contributed by atoms with Gasteiger partial charge in [0.15, 0.2) is 0 Å². The molecule has 176 valence electrons. The molecule has 2 N–H and O–H groups in total. The normalized spacial score (nSPS) is 34.2. The van der Waals surface area contributed by atoms with Crippen molar-refractivity contribution in [3.05, 3.63) is 59.2 Å². The fraction of sp³-hybridized carbons (Fsp3) is 0.600. The van der Waals surface area contributed by atoms with Crippen molar-refractivity contribution in [1.82, 2.24) is 5.32 Å². The molecule has 7 rings (SSSR count). The van der Waals surface area contributed by atoms with Gasteiger partial charge in [0, 0.05) is 22.8 Å². The van der Waals surface area contributed by atoms with E-state index in [2.05, 4.69) is 60.0 Å². The van der Waals surface area contributed by atoms with E-state index in [9.17, 15) is 0 Å². The highest BCUT2D eigenvalue weighted by atomic mass is 16.5. The number of benzene rings is 2. The van der Waals surface area contributed by atoms with Gasteiger partial charge in [0.05, 0.1) is 13.2 Å². The molecule has 33 heavy (non-hydrogen) atoms. The van der Waals surface area contributed by atoms with Gasteiger partial charge in [0.2, 0.25) is 0 Å². The zero-order valence-corrected chi connectivity index (χ0v) is 20.4. The third-order valence-corrected chi connectivity index (χ3v) is 9.15. The Morgan fingerprint density at radius 1 is 0.970 bits per heavy atom. The molecule has 4 fully saturated rings. The van der Waals surface area contributed by atoms with Gasteiger partial charge in [-0.2, -0.15) is 0 Å². The van der Waals surface area contributed by atoms with Crippen molar-refractivity contribution < 1.29 is 4.74 Å². The average molecular weight is 445 g/mol. The lowest BCUT2D eigenvalue weighted by molar-refractivity contribution is 0.0107. The molecule has 0 spiro atoms. The first kappa shape index (κ1) is 21.5. The number of methoxy groups -OCH3 is 1. The summed E-state index contributed by atoms with van der Waals surface area (Å²) in [4.78, 5) is 0. The van der Waals surface area contributed by atoms with Crippen molar-refractivity contribution in [3.8, 4) is 5.75 Å². The Morgan fingerprint density at radius 2 is 1.67 bits per heavy atom. The number of ether oxygens (including phenoxy) is 1. The first-order valence-corrected chi connectivity index (χ1v) is 13.4. The van der Waals surface area contributed by atoms with Crippen LogP contribution in [-0.4, -0.2) is 18.7 Å². The highest BCUT2D eigenvalue weighted by Gasteiger charge is 2.50. The van der Waals surface area contributed by atoms with Crippen LogP contribution >= 0.6 is 0 Å². The molecular weight excluding hydrogens is 404 g/mol. The van der Waals surface area contributed by atoms with Crippen LogP contribution in [0.15, 0.2) is 42.5 Å². The molecule has 2 aromatic carbocycles. The topological polar surface area (TPSA) is 33.3 Å². The molecular formula is C30H40N2O. The molecule has 5 aliphatic rings. The van der Waals surface area contributed by atoms with Gasteiger partial charge in [0.25, 0.3) is 0 Å². The summed E-state index contributed by atoms with van der Waals surface area (Å²) in [6, 6.07) is 16.7. The predicted octanol–water partition coefficient (Wildman–Crippen LogP) is 6.87. The van der Waals surface area contributed by atoms with E-state index in [1.807, 2.05) is 0 Å². The molecule has 1 aliphatic heterocycles. The SMILES string of the molecule is CCCC[C@H]1Cc2c(OC)cccc2[C@H](c2ccc(NC34CC5CC(CC(C5)C3)C4)cc2)N1. The Bertz CT molecular complexity index is 946. The minimum Gasteiger partial charge on any atom is -0.496 e. The third-order valence-electron chi connectivity index (χ3n) is 9.15. The summed E-state index contributed by atoms with van der Waals surface area (Å²) >= 11 is 0. The van der Waals surface area contributed by atoms with Crippen LogP contribution < -0.4 is 15.4 Å². The van der Waals surface area contributed by atoms with Crippen molar-refractivity contribution in [1.29, 1.82) is 0 Å². The second kappa shape index (κ2) is 8.65. The minimum absolute atomic E-state index is 0.235. The van der Waals surface area contributed by atoms with Gasteiger partial charge in [-0.15, -0.1) is 0 Å². The second-order valence-electron chi connectivity index (χ2n) is 11.6. The summed E-state index contributed by atoms with van der Waals surface area (Å²) in [5.74, 6) is 3.96. The van der Waals surface area contributed by atoms with Crippen molar-refractivity contribution in [2.24, 2.45) is 17.8 Å². The minimum atomic E-state index is 0.235. The standard InChI is InChI=1S/C30H40N2O/c1-3-4-6-25-16-27-26(7-5-8-28(27)33-2)29(31-25)23-9-11-24(12-10-23)32-30-17-20-13-21(18-30)15-22(14-20)19-30/h5,7-12,20-22,25,29,31-32H,3-4,6,13-19H2,1-2H3/t20?,21?,22?,25-,29-,30?/m0/s1. The van der Waals surface area contributed by atoms with Crippen molar-refractivity contribution in [3.63, 3.8) is 0 Å². The summed E-state index contributed by atoms with van der Waals surface area (Å²) in [7, 11) is 1.80. The molecule has 2 atom stereocenters. The van der Waals surface area contributed by atoms with Crippen molar-refractivity contribution in [2.45, 2.75) is 88.8 Å². The predicted molar refractivity (Wildman–Crippen MR) is 136 cm³/mol. The maximum absolute atomic E-state index is 5.77.